The van der Waals surface area contributed by atoms with Crippen molar-refractivity contribution in [2.75, 3.05) is 0 Å². The zero-order chi connectivity index (χ0) is 34.7. The van der Waals surface area contributed by atoms with Gasteiger partial charge < -0.3 is 19.7 Å². The van der Waals surface area contributed by atoms with E-state index in [1.54, 1.807) is 0 Å². The van der Waals surface area contributed by atoms with E-state index in [0.29, 0.717) is 47.5 Å². The molecule has 0 bridgehead atoms. The van der Waals surface area contributed by atoms with Crippen LogP contribution in [0.3, 0.4) is 0 Å². The Morgan fingerprint density at radius 3 is 1.83 bits per heavy atom. The van der Waals surface area contributed by atoms with Gasteiger partial charge in [0, 0.05) is 16.5 Å². The third-order valence-electron chi connectivity index (χ3n) is 15.5. The van der Waals surface area contributed by atoms with Crippen molar-refractivity contribution in [3.63, 3.8) is 0 Å². The fourth-order valence-electron chi connectivity index (χ4n) is 11.7. The Kier molecular flexibility index (Phi) is 7.52. The predicted molar refractivity (Wildman–Crippen MR) is 189 cm³/mol. The van der Waals surface area contributed by atoms with Crippen LogP contribution in [0.1, 0.15) is 135 Å². The summed E-state index contributed by atoms with van der Waals surface area (Å²) in [5.41, 5.74) is 3.34. The highest BCUT2D eigenvalue weighted by molar-refractivity contribution is 6.52. The number of allylic oxidation sites excluding steroid dienone is 5. The molecule has 6 heteroatoms. The number of phenolic OH excluding ortho intramolecular Hbond substituents is 2. The Balaban J connectivity index is 1.35. The largest absolute Gasteiger partial charge is 0.507 e. The van der Waals surface area contributed by atoms with Crippen molar-refractivity contribution in [3.05, 3.63) is 51.8 Å². The zero-order valence-electron chi connectivity index (χ0n) is 30.2. The van der Waals surface area contributed by atoms with Crippen molar-refractivity contribution in [3.8, 4) is 11.5 Å². The van der Waals surface area contributed by atoms with Crippen molar-refractivity contribution in [1.82, 2.24) is 0 Å². The van der Waals surface area contributed by atoms with Crippen LogP contribution in [0.15, 0.2) is 39.4 Å². The van der Waals surface area contributed by atoms with Gasteiger partial charge in [-0.05, 0) is 129 Å². The molecule has 48 heavy (non-hydrogen) atoms. The maximum atomic E-state index is 13.9. The predicted octanol–water partition coefficient (Wildman–Crippen LogP) is 10.4. The van der Waals surface area contributed by atoms with E-state index in [1.807, 2.05) is 0 Å². The quantitative estimate of drug-likeness (QED) is 0.172. The number of aliphatic hydroxyl groups is 1. The molecular formula is C42H54O6. The Morgan fingerprint density at radius 1 is 0.771 bits per heavy atom. The fraction of sp³-hybridized carbons (Fsp3) is 0.619. The van der Waals surface area contributed by atoms with E-state index in [4.69, 9.17) is 4.42 Å². The molecule has 2 fully saturated rings. The normalized spacial score (nSPS) is 38.3. The first-order valence-corrected chi connectivity index (χ1v) is 18.3. The number of hydrogen-bond donors (Lipinski definition) is 3. The minimum atomic E-state index is -0.772. The molecular weight excluding hydrogens is 600 g/mol. The van der Waals surface area contributed by atoms with Crippen LogP contribution in [0.4, 0.5) is 0 Å². The summed E-state index contributed by atoms with van der Waals surface area (Å²) in [5, 5.41) is 34.9. The molecule has 1 aromatic carbocycles. The molecule has 0 saturated heterocycles. The van der Waals surface area contributed by atoms with Gasteiger partial charge in [0.2, 0.25) is 5.78 Å². The average Bonchev–Trinajstić information content (AvgIpc) is 3.42. The number of Topliss-reactive ketones (excluding diaryl/α,β-unsaturated/α-hetero) is 2. The number of carbonyl (C=O) groups is 2. The molecule has 1 heterocycles. The molecule has 5 aliphatic carbocycles. The van der Waals surface area contributed by atoms with Crippen LogP contribution in [0.2, 0.25) is 0 Å². The van der Waals surface area contributed by atoms with Gasteiger partial charge >= 0.3 is 0 Å². The van der Waals surface area contributed by atoms with Gasteiger partial charge in [0.15, 0.2) is 17.3 Å². The van der Waals surface area contributed by atoms with E-state index < -0.39 is 11.6 Å². The van der Waals surface area contributed by atoms with Gasteiger partial charge in [-0.2, -0.15) is 0 Å². The molecule has 0 unspecified atom stereocenters. The lowest BCUT2D eigenvalue weighted by Crippen LogP contribution is -2.50. The summed E-state index contributed by atoms with van der Waals surface area (Å²) >= 11 is 0. The third kappa shape index (κ3) is 4.35. The number of benzene rings is 1. The number of carbonyl (C=O) groups excluding carboxylic acids is 2. The van der Waals surface area contributed by atoms with Crippen molar-refractivity contribution in [1.29, 1.82) is 0 Å². The van der Waals surface area contributed by atoms with Crippen LogP contribution in [0, 0.1) is 45.3 Å². The zero-order valence-corrected chi connectivity index (χ0v) is 30.2. The number of rotatable bonds is 4. The highest BCUT2D eigenvalue weighted by Crippen LogP contribution is 2.64. The van der Waals surface area contributed by atoms with Crippen LogP contribution >= 0.6 is 0 Å². The van der Waals surface area contributed by atoms with Crippen LogP contribution in [0.25, 0.3) is 16.7 Å². The first-order chi connectivity index (χ1) is 22.5. The molecule has 2 saturated carbocycles. The standard InChI is InChI=1S/C42H54O6/c1-22-11-9-13-30-39(22,5)17-15-24(3)41(30,7)20-27-34(45)32-26-19-29(43)33(44)28(37(26)48-38(32)36(47)35(27)46)21-42(8)25(4)16-18-40(6)23(2)12-10-14-31(40)42/h11-12,19,24-25,30-31,43-45H,9-10,13-18,20-21H2,1-8H3/t24-,25-,30+,31+,39+,40+,41+,42+/m0/s1. The summed E-state index contributed by atoms with van der Waals surface area (Å²) in [4.78, 5) is 27.8. The van der Waals surface area contributed by atoms with Gasteiger partial charge in [0.05, 0.1) is 5.56 Å². The van der Waals surface area contributed by atoms with Gasteiger partial charge in [-0.25, -0.2) is 0 Å². The average molecular weight is 655 g/mol. The van der Waals surface area contributed by atoms with Gasteiger partial charge in [-0.3, -0.25) is 9.59 Å². The summed E-state index contributed by atoms with van der Waals surface area (Å²) in [6.07, 6.45) is 13.7. The van der Waals surface area contributed by atoms with E-state index in [1.165, 1.54) is 17.2 Å². The Morgan fingerprint density at radius 2 is 1.29 bits per heavy atom. The number of fused-ring (bicyclic) bond motifs is 5. The van der Waals surface area contributed by atoms with Gasteiger partial charge in [-0.1, -0.05) is 64.8 Å². The van der Waals surface area contributed by atoms with E-state index in [0.717, 1.165) is 51.4 Å². The molecule has 8 atom stereocenters. The Hall–Kier alpha value is -3.28. The Labute approximate surface area is 285 Å². The maximum Gasteiger partial charge on any atom is 0.269 e. The highest BCUT2D eigenvalue weighted by Gasteiger charge is 2.56. The van der Waals surface area contributed by atoms with Crippen LogP contribution in [-0.4, -0.2) is 26.9 Å². The third-order valence-corrected chi connectivity index (χ3v) is 15.5. The van der Waals surface area contributed by atoms with Gasteiger partial charge in [0.1, 0.15) is 11.3 Å². The number of hydrogen-bond acceptors (Lipinski definition) is 6. The first-order valence-electron chi connectivity index (χ1n) is 18.3. The lowest BCUT2D eigenvalue weighted by atomic mass is 9.46. The Bertz CT molecular complexity index is 1840. The number of aromatic hydroxyl groups is 2. The maximum absolute atomic E-state index is 13.9. The second kappa shape index (κ2) is 10.9. The molecule has 0 aliphatic heterocycles. The molecule has 6 nitrogen and oxygen atoms in total. The molecule has 1 aromatic heterocycles. The topological polar surface area (TPSA) is 108 Å². The summed E-state index contributed by atoms with van der Waals surface area (Å²) < 4.78 is 6.26. The first kappa shape index (κ1) is 33.2. The SMILES string of the molecule is CC1=CCC[C@H]2[C@](C)(CC3=C(O)c4c(oc5c(C[C@]6(C)[C@@H](C)CC[C@]7(C)C(C)=CCC[C@@H]67)c(O)c(O)cc45)C(=O)C3=O)[C@@H](C)CC[C@]12C. The molecule has 2 aromatic rings. The van der Waals surface area contributed by atoms with Gasteiger partial charge in [0.25, 0.3) is 5.78 Å². The second-order valence-electron chi connectivity index (χ2n) is 17.5. The number of phenols is 2. The fourth-order valence-corrected chi connectivity index (χ4v) is 11.7. The van der Waals surface area contributed by atoms with E-state index in [9.17, 15) is 24.9 Å². The molecule has 7 rings (SSSR count). The monoisotopic (exact) mass is 654 g/mol. The summed E-state index contributed by atoms with van der Waals surface area (Å²) in [6, 6.07) is 1.38. The van der Waals surface area contributed by atoms with Crippen LogP contribution < -0.4 is 0 Å². The van der Waals surface area contributed by atoms with E-state index in [-0.39, 0.29) is 61.4 Å². The lowest BCUT2D eigenvalue weighted by molar-refractivity contribution is -0.113. The second-order valence-corrected chi connectivity index (χ2v) is 17.5. The van der Waals surface area contributed by atoms with Crippen LogP contribution in [0.5, 0.6) is 11.5 Å². The molecule has 0 radical (unpaired) electrons. The van der Waals surface area contributed by atoms with Crippen LogP contribution in [-0.2, 0) is 11.2 Å². The highest BCUT2D eigenvalue weighted by atomic mass is 16.4. The minimum Gasteiger partial charge on any atom is -0.507 e. The molecule has 0 spiro atoms. The number of furan rings is 1. The summed E-state index contributed by atoms with van der Waals surface area (Å²) in [6.45, 7) is 18.2. The van der Waals surface area contributed by atoms with E-state index in [2.05, 4.69) is 67.5 Å². The van der Waals surface area contributed by atoms with Gasteiger partial charge in [-0.15, -0.1) is 0 Å². The molecule has 0 amide bonds. The van der Waals surface area contributed by atoms with Crippen molar-refractivity contribution in [2.45, 2.75) is 120 Å². The molecule has 3 N–H and O–H groups in total. The number of ketones is 2. The summed E-state index contributed by atoms with van der Waals surface area (Å²) in [7, 11) is 0. The van der Waals surface area contributed by atoms with E-state index >= 15 is 0 Å². The van der Waals surface area contributed by atoms with Crippen molar-refractivity contribution in [2.24, 2.45) is 45.3 Å². The molecule has 5 aliphatic rings. The number of aliphatic hydroxyl groups excluding tert-OH is 1. The summed E-state index contributed by atoms with van der Waals surface area (Å²) in [5.74, 6) is -1.21. The molecule has 258 valence electrons. The van der Waals surface area contributed by atoms with Crippen molar-refractivity contribution < 1.29 is 29.3 Å². The lowest BCUT2D eigenvalue weighted by Gasteiger charge is -2.58. The minimum absolute atomic E-state index is 0.0121. The smallest absolute Gasteiger partial charge is 0.269 e. The van der Waals surface area contributed by atoms with Crippen molar-refractivity contribution >= 4 is 28.3 Å².